The van der Waals surface area contributed by atoms with Gasteiger partial charge in [-0.15, -0.1) is 0 Å². The number of carbonyl (C=O) groups is 2. The molecule has 0 aliphatic rings. The van der Waals surface area contributed by atoms with Gasteiger partial charge in [0, 0.05) is 12.8 Å². The highest BCUT2D eigenvalue weighted by Crippen LogP contribution is 2.21. The molecule has 0 aliphatic carbocycles. The molecule has 3 aromatic rings. The average molecular weight is 571 g/mol. The number of hydrogen-bond acceptors (Lipinski definition) is 4. The molecule has 2 atom stereocenters. The Morgan fingerprint density at radius 1 is 0.500 bits per heavy atom. The largest absolute Gasteiger partial charge is 0.458 e. The van der Waals surface area contributed by atoms with Crippen LogP contribution in [0.4, 0.5) is 0 Å². The van der Waals surface area contributed by atoms with E-state index in [0.29, 0.717) is 12.8 Å². The third-order valence-electron chi connectivity index (χ3n) is 7.79. The molecule has 0 radical (unpaired) electrons. The summed E-state index contributed by atoms with van der Waals surface area (Å²) in [5.41, 5.74) is 2.82. The van der Waals surface area contributed by atoms with Crippen molar-refractivity contribution in [1.29, 1.82) is 0 Å². The molecule has 0 aromatic heterocycles. The lowest BCUT2D eigenvalue weighted by atomic mass is 10.0. The molecule has 0 spiro atoms. The molecule has 3 rings (SSSR count). The summed E-state index contributed by atoms with van der Waals surface area (Å²) in [7, 11) is 0. The Morgan fingerprint density at radius 2 is 0.857 bits per heavy atom. The molecule has 4 nitrogen and oxygen atoms in total. The molecule has 226 valence electrons. The van der Waals surface area contributed by atoms with Crippen LogP contribution in [0.3, 0.4) is 0 Å². The van der Waals surface area contributed by atoms with Crippen molar-refractivity contribution in [3.63, 3.8) is 0 Å². The Morgan fingerprint density at radius 3 is 1.24 bits per heavy atom. The number of carbonyl (C=O) groups excluding carboxylic acids is 2. The molecule has 42 heavy (non-hydrogen) atoms. The molecule has 0 heterocycles. The summed E-state index contributed by atoms with van der Waals surface area (Å²) in [6.45, 7) is 4.42. The highest BCUT2D eigenvalue weighted by molar-refractivity contribution is 6.03. The number of rotatable bonds is 20. The van der Waals surface area contributed by atoms with Crippen molar-refractivity contribution >= 4 is 11.9 Å². The minimum absolute atomic E-state index is 0.250. The van der Waals surface area contributed by atoms with Crippen LogP contribution in [0, 0.1) is 0 Å². The first-order valence-corrected chi connectivity index (χ1v) is 16.2. The summed E-state index contributed by atoms with van der Waals surface area (Å²) in [5.74, 6) is -0.924. The first-order chi connectivity index (χ1) is 20.6. The van der Waals surface area contributed by atoms with Crippen molar-refractivity contribution in [3.8, 4) is 0 Å². The van der Waals surface area contributed by atoms with Crippen LogP contribution in [0.1, 0.15) is 123 Å². The van der Waals surface area contributed by atoms with E-state index in [1.54, 1.807) is 24.3 Å². The fourth-order valence-corrected chi connectivity index (χ4v) is 5.38. The van der Waals surface area contributed by atoms with Gasteiger partial charge >= 0.3 is 11.9 Å². The summed E-state index contributed by atoms with van der Waals surface area (Å²) in [6, 6.07) is 27.2. The van der Waals surface area contributed by atoms with Gasteiger partial charge in [0.2, 0.25) is 0 Å². The number of esters is 2. The molecule has 0 aliphatic heterocycles. The van der Waals surface area contributed by atoms with E-state index >= 15 is 0 Å². The number of unbranched alkanes of at least 4 members (excludes halogenated alkanes) is 8. The molecule has 0 amide bonds. The second-order valence-electron chi connectivity index (χ2n) is 11.4. The number of ether oxygens (including phenoxy) is 2. The van der Waals surface area contributed by atoms with Crippen molar-refractivity contribution in [2.75, 3.05) is 0 Å². The third-order valence-corrected chi connectivity index (χ3v) is 7.79. The Balaban J connectivity index is 1.70. The van der Waals surface area contributed by atoms with E-state index in [1.165, 1.54) is 38.5 Å². The predicted molar refractivity (Wildman–Crippen MR) is 172 cm³/mol. The molecule has 3 aromatic carbocycles. The van der Waals surface area contributed by atoms with Crippen molar-refractivity contribution in [2.24, 2.45) is 0 Å². The lowest BCUT2D eigenvalue weighted by molar-refractivity contribution is 0.0228. The van der Waals surface area contributed by atoms with Crippen LogP contribution in [-0.4, -0.2) is 24.1 Å². The molecule has 0 bridgehead atoms. The van der Waals surface area contributed by atoms with Gasteiger partial charge < -0.3 is 9.47 Å². The molecule has 0 fully saturated rings. The highest BCUT2D eigenvalue weighted by Gasteiger charge is 2.24. The van der Waals surface area contributed by atoms with Crippen molar-refractivity contribution < 1.29 is 19.1 Å². The topological polar surface area (TPSA) is 52.6 Å². The maximum absolute atomic E-state index is 13.5. The van der Waals surface area contributed by atoms with Gasteiger partial charge in [0.25, 0.3) is 0 Å². The van der Waals surface area contributed by atoms with Gasteiger partial charge in [-0.25, -0.2) is 9.59 Å². The molecule has 0 saturated heterocycles. The smallest absolute Gasteiger partial charge is 0.339 e. The van der Waals surface area contributed by atoms with Crippen LogP contribution < -0.4 is 0 Å². The second-order valence-corrected chi connectivity index (χ2v) is 11.4. The van der Waals surface area contributed by atoms with Crippen LogP contribution >= 0.6 is 0 Å². The van der Waals surface area contributed by atoms with Gasteiger partial charge in [-0.1, -0.05) is 138 Å². The van der Waals surface area contributed by atoms with Crippen molar-refractivity contribution in [1.82, 2.24) is 0 Å². The molecular weight excluding hydrogens is 520 g/mol. The fraction of sp³-hybridized carbons (Fsp3) is 0.474. The molecule has 0 N–H and O–H groups in total. The van der Waals surface area contributed by atoms with Gasteiger partial charge in [-0.2, -0.15) is 0 Å². The zero-order valence-electron chi connectivity index (χ0n) is 25.8. The Hall–Kier alpha value is -3.40. The summed E-state index contributed by atoms with van der Waals surface area (Å²) in [6.07, 6.45) is 13.9. The minimum Gasteiger partial charge on any atom is -0.458 e. The lowest BCUT2D eigenvalue weighted by Gasteiger charge is -2.21. The number of hydrogen-bond donors (Lipinski definition) is 0. The van der Waals surface area contributed by atoms with Gasteiger partial charge in [0.1, 0.15) is 12.2 Å². The van der Waals surface area contributed by atoms with Gasteiger partial charge in [0.05, 0.1) is 11.1 Å². The predicted octanol–water partition coefficient (Wildman–Crippen LogP) is 9.94. The van der Waals surface area contributed by atoms with Crippen LogP contribution in [0.15, 0.2) is 84.9 Å². The van der Waals surface area contributed by atoms with Gasteiger partial charge in [-0.05, 0) is 48.9 Å². The summed E-state index contributed by atoms with van der Waals surface area (Å²) in [5, 5.41) is 0. The van der Waals surface area contributed by atoms with Crippen molar-refractivity contribution in [2.45, 2.75) is 116 Å². The minimum atomic E-state index is -0.462. The van der Waals surface area contributed by atoms with Crippen LogP contribution in [-0.2, 0) is 22.3 Å². The zero-order valence-corrected chi connectivity index (χ0v) is 25.8. The SMILES string of the molecule is CCCCCCCC(Cc1ccccc1)OC(=O)c1ccccc1C(=O)OC(CCCCCCC)Cc1ccccc1. The lowest BCUT2D eigenvalue weighted by Crippen LogP contribution is -2.25. The second kappa shape index (κ2) is 19.7. The highest BCUT2D eigenvalue weighted by atomic mass is 16.5. The van der Waals surface area contributed by atoms with E-state index < -0.39 is 11.9 Å². The summed E-state index contributed by atoms with van der Waals surface area (Å²) in [4.78, 5) is 27.0. The van der Waals surface area contributed by atoms with E-state index in [0.717, 1.165) is 49.7 Å². The van der Waals surface area contributed by atoms with Gasteiger partial charge in [-0.3, -0.25) is 0 Å². The van der Waals surface area contributed by atoms with Gasteiger partial charge in [0.15, 0.2) is 0 Å². The Bertz CT molecular complexity index is 1070. The summed E-state index contributed by atoms with van der Waals surface area (Å²) >= 11 is 0. The Kier molecular flexibility index (Phi) is 15.5. The van der Waals surface area contributed by atoms with E-state index in [4.69, 9.17) is 9.47 Å². The zero-order chi connectivity index (χ0) is 29.8. The van der Waals surface area contributed by atoms with Crippen LogP contribution in [0.5, 0.6) is 0 Å². The van der Waals surface area contributed by atoms with E-state index in [-0.39, 0.29) is 23.3 Å². The van der Waals surface area contributed by atoms with Crippen LogP contribution in [0.2, 0.25) is 0 Å². The standard InChI is InChI=1S/C38H50O4/c1-3-5-7-9-17-25-33(29-31-21-13-11-14-22-31)41-37(39)35-27-19-20-28-36(35)38(40)42-34(26-18-10-8-6-4-2)30-32-23-15-12-16-24-32/h11-16,19-24,27-28,33-34H,3-10,17-18,25-26,29-30H2,1-2H3. The monoisotopic (exact) mass is 570 g/mol. The van der Waals surface area contributed by atoms with E-state index in [2.05, 4.69) is 38.1 Å². The number of benzene rings is 3. The summed E-state index contributed by atoms with van der Waals surface area (Å²) < 4.78 is 12.2. The molecule has 2 unspecified atom stereocenters. The first kappa shape index (κ1) is 33.1. The third kappa shape index (κ3) is 12.2. The normalized spacial score (nSPS) is 12.4. The van der Waals surface area contributed by atoms with E-state index in [1.807, 2.05) is 36.4 Å². The first-order valence-electron chi connectivity index (χ1n) is 16.2. The fourth-order valence-electron chi connectivity index (χ4n) is 5.38. The maximum Gasteiger partial charge on any atom is 0.339 e. The quantitative estimate of drug-likeness (QED) is 0.100. The maximum atomic E-state index is 13.5. The molecular formula is C38H50O4. The molecule has 0 saturated carbocycles. The van der Waals surface area contributed by atoms with Crippen LogP contribution in [0.25, 0.3) is 0 Å². The molecule has 4 heteroatoms. The average Bonchev–Trinajstić information content (AvgIpc) is 3.01. The Labute approximate surface area is 253 Å². The van der Waals surface area contributed by atoms with Crippen molar-refractivity contribution in [3.05, 3.63) is 107 Å². The van der Waals surface area contributed by atoms with E-state index in [9.17, 15) is 9.59 Å².